The molecule has 1 N–H and O–H groups in total. The number of hydrogen-bond acceptors (Lipinski definition) is 4. The summed E-state index contributed by atoms with van der Waals surface area (Å²) in [4.78, 5) is 16.8. The second-order valence-corrected chi connectivity index (χ2v) is 6.53. The summed E-state index contributed by atoms with van der Waals surface area (Å²) < 4.78 is 39.7. The number of carbonyl (C=O) groups excluding carboxylic acids is 1. The standard InChI is InChI=1S/C20H16ClF3N4O2/c1-13-17(19(21)28(27-13)16-8-3-2-4-9-16)11-25-30-12-18(29)26-15-7-5-6-14(10-15)20(22,23)24/h2-11H,12H2,1H3,(H,26,29)/b25-11+. The highest BCUT2D eigenvalue weighted by Crippen LogP contribution is 2.30. The molecule has 1 amide bonds. The zero-order valence-electron chi connectivity index (χ0n) is 15.7. The van der Waals surface area contributed by atoms with Crippen molar-refractivity contribution in [1.82, 2.24) is 9.78 Å². The molecule has 0 unspecified atom stereocenters. The number of hydrogen-bond donors (Lipinski definition) is 1. The Balaban J connectivity index is 1.59. The van der Waals surface area contributed by atoms with E-state index < -0.39 is 24.3 Å². The van der Waals surface area contributed by atoms with E-state index in [9.17, 15) is 18.0 Å². The van der Waals surface area contributed by atoms with Gasteiger partial charge in [0.05, 0.1) is 28.7 Å². The molecule has 0 aliphatic carbocycles. The number of oxime groups is 1. The number of carbonyl (C=O) groups is 1. The second kappa shape index (κ2) is 9.00. The minimum Gasteiger partial charge on any atom is -0.386 e. The molecule has 30 heavy (non-hydrogen) atoms. The quantitative estimate of drug-likeness (QED) is 0.444. The van der Waals surface area contributed by atoms with Crippen LogP contribution in [0.15, 0.2) is 59.8 Å². The van der Waals surface area contributed by atoms with Crippen LogP contribution in [0.25, 0.3) is 5.69 Å². The van der Waals surface area contributed by atoms with E-state index in [2.05, 4.69) is 15.6 Å². The van der Waals surface area contributed by atoms with Crippen molar-refractivity contribution in [3.8, 4) is 5.69 Å². The Bertz CT molecular complexity index is 1070. The lowest BCUT2D eigenvalue weighted by molar-refractivity contribution is -0.137. The van der Waals surface area contributed by atoms with Crippen molar-refractivity contribution in [3.63, 3.8) is 0 Å². The minimum absolute atomic E-state index is 0.00503. The molecule has 1 heterocycles. The Morgan fingerprint density at radius 3 is 2.67 bits per heavy atom. The number of nitrogens with zero attached hydrogens (tertiary/aromatic N) is 3. The van der Waals surface area contributed by atoms with Crippen LogP contribution in [-0.2, 0) is 15.8 Å². The summed E-state index contributed by atoms with van der Waals surface area (Å²) in [6, 6.07) is 13.5. The summed E-state index contributed by atoms with van der Waals surface area (Å²) >= 11 is 6.35. The number of para-hydroxylation sites is 1. The Morgan fingerprint density at radius 1 is 1.23 bits per heavy atom. The van der Waals surface area contributed by atoms with Gasteiger partial charge in [-0.3, -0.25) is 4.79 Å². The molecule has 0 radical (unpaired) electrons. The van der Waals surface area contributed by atoms with E-state index in [4.69, 9.17) is 16.4 Å². The third kappa shape index (κ3) is 5.18. The summed E-state index contributed by atoms with van der Waals surface area (Å²) in [5.41, 5.74) is 1.03. The van der Waals surface area contributed by atoms with Crippen molar-refractivity contribution >= 4 is 29.4 Å². The molecule has 10 heteroatoms. The van der Waals surface area contributed by atoms with Gasteiger partial charge >= 0.3 is 6.18 Å². The third-order valence-electron chi connectivity index (χ3n) is 3.97. The molecule has 0 atom stereocenters. The van der Waals surface area contributed by atoms with Crippen molar-refractivity contribution in [2.75, 3.05) is 11.9 Å². The largest absolute Gasteiger partial charge is 0.416 e. The summed E-state index contributed by atoms with van der Waals surface area (Å²) in [6.07, 6.45) is -3.18. The molecule has 0 spiro atoms. The summed E-state index contributed by atoms with van der Waals surface area (Å²) in [6.45, 7) is 1.25. The van der Waals surface area contributed by atoms with E-state index in [1.165, 1.54) is 18.3 Å². The third-order valence-corrected chi connectivity index (χ3v) is 4.34. The molecule has 3 aromatic rings. The predicted molar refractivity (Wildman–Crippen MR) is 107 cm³/mol. The Labute approximate surface area is 174 Å². The van der Waals surface area contributed by atoms with E-state index in [-0.39, 0.29) is 5.69 Å². The second-order valence-electron chi connectivity index (χ2n) is 6.17. The van der Waals surface area contributed by atoms with E-state index in [0.717, 1.165) is 17.8 Å². The van der Waals surface area contributed by atoms with Crippen LogP contribution in [0.2, 0.25) is 5.15 Å². The van der Waals surface area contributed by atoms with Crippen LogP contribution in [0.5, 0.6) is 0 Å². The van der Waals surface area contributed by atoms with Crippen LogP contribution in [0.4, 0.5) is 18.9 Å². The number of halogens is 4. The number of alkyl halides is 3. The Kier molecular flexibility index (Phi) is 6.41. The maximum absolute atomic E-state index is 12.7. The molecule has 0 saturated heterocycles. The fraction of sp³-hybridized carbons (Fsp3) is 0.150. The lowest BCUT2D eigenvalue weighted by Gasteiger charge is -2.09. The SMILES string of the molecule is Cc1nn(-c2ccccc2)c(Cl)c1/C=N/OCC(=O)Nc1cccc(C(F)(F)F)c1. The van der Waals surface area contributed by atoms with Gasteiger partial charge in [0, 0.05) is 5.69 Å². The fourth-order valence-electron chi connectivity index (χ4n) is 2.55. The number of nitrogens with one attached hydrogen (secondary N) is 1. The molecule has 2 aromatic carbocycles. The van der Waals surface area contributed by atoms with Crippen LogP contribution >= 0.6 is 11.6 Å². The first kappa shape index (κ1) is 21.4. The number of rotatable bonds is 6. The lowest BCUT2D eigenvalue weighted by Crippen LogP contribution is -2.17. The van der Waals surface area contributed by atoms with Crippen molar-refractivity contribution in [1.29, 1.82) is 0 Å². The first-order valence-corrected chi connectivity index (χ1v) is 9.06. The number of aromatic nitrogens is 2. The van der Waals surface area contributed by atoms with Crippen molar-refractivity contribution in [3.05, 3.63) is 76.6 Å². The topological polar surface area (TPSA) is 68.5 Å². The molecule has 0 bridgehead atoms. The monoisotopic (exact) mass is 436 g/mol. The predicted octanol–water partition coefficient (Wildman–Crippen LogP) is 4.84. The highest BCUT2D eigenvalue weighted by molar-refractivity contribution is 6.32. The minimum atomic E-state index is -4.50. The van der Waals surface area contributed by atoms with Crippen molar-refractivity contribution in [2.24, 2.45) is 5.16 Å². The first-order valence-electron chi connectivity index (χ1n) is 8.68. The molecule has 0 aliphatic rings. The highest BCUT2D eigenvalue weighted by atomic mass is 35.5. The van der Waals surface area contributed by atoms with Crippen LogP contribution in [0, 0.1) is 6.92 Å². The van der Waals surface area contributed by atoms with Crippen molar-refractivity contribution < 1.29 is 22.8 Å². The smallest absolute Gasteiger partial charge is 0.386 e. The van der Waals surface area contributed by atoms with Gasteiger partial charge in [0.15, 0.2) is 6.61 Å². The Morgan fingerprint density at radius 2 is 1.97 bits per heavy atom. The van der Waals surface area contributed by atoms with E-state index in [0.29, 0.717) is 16.4 Å². The molecule has 0 saturated carbocycles. The Hall–Kier alpha value is -3.33. The maximum atomic E-state index is 12.7. The van der Waals surface area contributed by atoms with E-state index >= 15 is 0 Å². The average Bonchev–Trinajstić information content (AvgIpc) is 2.99. The molecule has 1 aromatic heterocycles. The van der Waals surface area contributed by atoms with Gasteiger partial charge in [0.2, 0.25) is 0 Å². The molecule has 6 nitrogen and oxygen atoms in total. The molecule has 0 aliphatic heterocycles. The number of anilines is 1. The molecular weight excluding hydrogens is 421 g/mol. The number of amides is 1. The summed E-state index contributed by atoms with van der Waals surface area (Å²) in [5.74, 6) is -0.658. The van der Waals surface area contributed by atoms with Gasteiger partial charge in [-0.1, -0.05) is 41.0 Å². The van der Waals surface area contributed by atoms with Crippen LogP contribution in [0.3, 0.4) is 0 Å². The van der Waals surface area contributed by atoms with Crippen molar-refractivity contribution in [2.45, 2.75) is 13.1 Å². The van der Waals surface area contributed by atoms with Gasteiger partial charge in [-0.15, -0.1) is 0 Å². The number of aryl methyl sites for hydroxylation is 1. The van der Waals surface area contributed by atoms with E-state index in [1.54, 1.807) is 11.6 Å². The van der Waals surface area contributed by atoms with Crippen LogP contribution in [0.1, 0.15) is 16.8 Å². The zero-order chi connectivity index (χ0) is 21.7. The normalized spacial score (nSPS) is 11.6. The van der Waals surface area contributed by atoms with Gasteiger partial charge in [-0.2, -0.15) is 18.3 Å². The van der Waals surface area contributed by atoms with Gasteiger partial charge in [-0.05, 0) is 37.3 Å². The molecule has 156 valence electrons. The van der Waals surface area contributed by atoms with E-state index in [1.807, 2.05) is 30.3 Å². The lowest BCUT2D eigenvalue weighted by atomic mass is 10.2. The number of benzene rings is 2. The van der Waals surface area contributed by atoms with Gasteiger partial charge in [0.25, 0.3) is 5.91 Å². The molecule has 0 fully saturated rings. The van der Waals surface area contributed by atoms with Crippen LogP contribution < -0.4 is 5.32 Å². The van der Waals surface area contributed by atoms with Gasteiger partial charge in [0.1, 0.15) is 5.15 Å². The summed E-state index contributed by atoms with van der Waals surface area (Å²) in [7, 11) is 0. The maximum Gasteiger partial charge on any atom is 0.416 e. The first-order chi connectivity index (χ1) is 14.3. The van der Waals surface area contributed by atoms with Gasteiger partial charge in [-0.25, -0.2) is 4.68 Å². The highest BCUT2D eigenvalue weighted by Gasteiger charge is 2.30. The molecular formula is C20H16ClF3N4O2. The average molecular weight is 437 g/mol. The molecule has 3 rings (SSSR count). The zero-order valence-corrected chi connectivity index (χ0v) is 16.4. The fourth-order valence-corrected chi connectivity index (χ4v) is 2.88. The van der Waals surface area contributed by atoms with Crippen LogP contribution in [-0.4, -0.2) is 28.5 Å². The van der Waals surface area contributed by atoms with Gasteiger partial charge < -0.3 is 10.2 Å². The summed E-state index contributed by atoms with van der Waals surface area (Å²) in [5, 5.41) is 10.7.